The van der Waals surface area contributed by atoms with Gasteiger partial charge in [0.25, 0.3) is 0 Å². The van der Waals surface area contributed by atoms with Gasteiger partial charge >= 0.3 is 5.97 Å². The fourth-order valence-corrected chi connectivity index (χ4v) is 2.61. The molecule has 0 radical (unpaired) electrons. The number of carboxylic acids is 1. The summed E-state index contributed by atoms with van der Waals surface area (Å²) in [5, 5.41) is 9.17. The van der Waals surface area contributed by atoms with Crippen LogP contribution in [0.3, 0.4) is 0 Å². The van der Waals surface area contributed by atoms with Gasteiger partial charge in [0.15, 0.2) is 5.96 Å². The van der Waals surface area contributed by atoms with E-state index < -0.39 is 5.97 Å². The molecule has 2 rings (SSSR count). The molecule has 0 atom stereocenters. The Balaban J connectivity index is 2.44. The second kappa shape index (κ2) is 7.48. The maximum absolute atomic E-state index is 11.2. The van der Waals surface area contributed by atoms with Crippen LogP contribution in [0.5, 0.6) is 0 Å². The van der Waals surface area contributed by atoms with Gasteiger partial charge in [-0.1, -0.05) is 12.8 Å². The molecule has 0 saturated carbocycles. The fourth-order valence-electron chi connectivity index (χ4n) is 2.61. The highest BCUT2D eigenvalue weighted by atomic mass is 16.4. The number of aliphatic imine (C=N–C) groups is 2. The lowest BCUT2D eigenvalue weighted by atomic mass is 10.1. The molecule has 1 aromatic rings. The van der Waals surface area contributed by atoms with Crippen LogP contribution < -0.4 is 22.1 Å². The third-order valence-corrected chi connectivity index (χ3v) is 3.65. The van der Waals surface area contributed by atoms with Crippen LogP contribution in [-0.2, 0) is 0 Å². The monoisotopic (exact) mass is 318 g/mol. The lowest BCUT2D eigenvalue weighted by molar-refractivity contribution is 0.0697. The largest absolute Gasteiger partial charge is 0.478 e. The SMILES string of the molecule is NC(N)=NC(N)=Nc1cc(C(=O)O)ccc1N1CCCCCC1. The Morgan fingerprint density at radius 1 is 1.09 bits per heavy atom. The van der Waals surface area contributed by atoms with Crippen molar-refractivity contribution < 1.29 is 9.90 Å². The summed E-state index contributed by atoms with van der Waals surface area (Å²) in [7, 11) is 0. The molecule has 0 bridgehead atoms. The summed E-state index contributed by atoms with van der Waals surface area (Å²) in [6.07, 6.45) is 4.57. The van der Waals surface area contributed by atoms with Crippen molar-refractivity contribution in [2.75, 3.05) is 18.0 Å². The average molecular weight is 318 g/mol. The van der Waals surface area contributed by atoms with Crippen LogP contribution in [0.2, 0.25) is 0 Å². The molecule has 1 heterocycles. The van der Waals surface area contributed by atoms with Crippen LogP contribution >= 0.6 is 0 Å². The Morgan fingerprint density at radius 2 is 1.74 bits per heavy atom. The summed E-state index contributed by atoms with van der Waals surface area (Å²) in [5.74, 6) is -1.33. The third kappa shape index (κ3) is 4.60. The number of carbonyl (C=O) groups is 1. The van der Waals surface area contributed by atoms with E-state index in [0.717, 1.165) is 31.6 Å². The van der Waals surface area contributed by atoms with E-state index in [1.54, 1.807) is 12.1 Å². The lowest BCUT2D eigenvalue weighted by Gasteiger charge is -2.24. The molecule has 8 nitrogen and oxygen atoms in total. The van der Waals surface area contributed by atoms with Gasteiger partial charge in [-0.15, -0.1) is 0 Å². The maximum Gasteiger partial charge on any atom is 0.335 e. The smallest absolute Gasteiger partial charge is 0.335 e. The highest BCUT2D eigenvalue weighted by Gasteiger charge is 2.16. The number of benzene rings is 1. The van der Waals surface area contributed by atoms with E-state index in [0.29, 0.717) is 5.69 Å². The maximum atomic E-state index is 11.2. The van der Waals surface area contributed by atoms with E-state index in [1.807, 2.05) is 0 Å². The lowest BCUT2D eigenvalue weighted by Crippen LogP contribution is -2.26. The van der Waals surface area contributed by atoms with Crippen LogP contribution in [0, 0.1) is 0 Å². The first-order valence-electron chi connectivity index (χ1n) is 7.53. The van der Waals surface area contributed by atoms with E-state index in [1.165, 1.54) is 18.9 Å². The molecule has 1 aromatic carbocycles. The first-order chi connectivity index (χ1) is 11.0. The predicted molar refractivity (Wildman–Crippen MR) is 91.2 cm³/mol. The summed E-state index contributed by atoms with van der Waals surface area (Å²) in [6.45, 7) is 1.80. The van der Waals surface area contributed by atoms with Crippen LogP contribution in [0.15, 0.2) is 28.2 Å². The minimum atomic E-state index is -1.02. The number of guanidine groups is 2. The standard InChI is InChI=1S/C15H22N6O2/c16-14(17)20-15(18)19-11-9-10(13(22)23)5-6-12(11)21-7-3-1-2-4-8-21/h5-6,9H,1-4,7-8H2,(H,22,23)(H6,16,17,18,19,20). The van der Waals surface area contributed by atoms with Crippen molar-refractivity contribution in [2.24, 2.45) is 27.2 Å². The second-order valence-electron chi connectivity index (χ2n) is 5.42. The number of hydrogen-bond acceptors (Lipinski definition) is 3. The average Bonchev–Trinajstić information content (AvgIpc) is 2.75. The van der Waals surface area contributed by atoms with Gasteiger partial charge in [0.2, 0.25) is 5.96 Å². The molecule has 1 saturated heterocycles. The molecule has 1 aliphatic rings. The van der Waals surface area contributed by atoms with Crippen LogP contribution in [0.4, 0.5) is 11.4 Å². The Bertz CT molecular complexity index is 629. The summed E-state index contributed by atoms with van der Waals surface area (Å²) in [6, 6.07) is 4.81. The zero-order valence-electron chi connectivity index (χ0n) is 12.9. The van der Waals surface area contributed by atoms with Gasteiger partial charge in [0.05, 0.1) is 16.9 Å². The number of carboxylic acid groups (broad SMARTS) is 1. The van der Waals surface area contributed by atoms with Gasteiger partial charge in [-0.2, -0.15) is 4.99 Å². The molecule has 124 valence electrons. The molecule has 0 unspecified atom stereocenters. The first-order valence-corrected chi connectivity index (χ1v) is 7.53. The zero-order valence-corrected chi connectivity index (χ0v) is 12.9. The molecule has 1 aliphatic heterocycles. The molecule has 23 heavy (non-hydrogen) atoms. The number of anilines is 1. The van der Waals surface area contributed by atoms with E-state index in [9.17, 15) is 9.90 Å². The van der Waals surface area contributed by atoms with E-state index in [2.05, 4.69) is 14.9 Å². The molecular formula is C15H22N6O2. The van der Waals surface area contributed by atoms with E-state index >= 15 is 0 Å². The third-order valence-electron chi connectivity index (χ3n) is 3.65. The molecular weight excluding hydrogens is 296 g/mol. The van der Waals surface area contributed by atoms with E-state index in [4.69, 9.17) is 17.2 Å². The number of nitrogens with two attached hydrogens (primary N) is 3. The van der Waals surface area contributed by atoms with Gasteiger partial charge in [0, 0.05) is 13.1 Å². The number of aromatic carboxylic acids is 1. The van der Waals surface area contributed by atoms with E-state index in [-0.39, 0.29) is 17.5 Å². The predicted octanol–water partition coefficient (Wildman–Crippen LogP) is 0.985. The summed E-state index contributed by atoms with van der Waals surface area (Å²) in [4.78, 5) is 21.3. The van der Waals surface area contributed by atoms with Crippen LogP contribution in [0.25, 0.3) is 0 Å². The van der Waals surface area contributed by atoms with Gasteiger partial charge in [-0.3, -0.25) is 0 Å². The quantitative estimate of drug-likeness (QED) is 0.483. The van der Waals surface area contributed by atoms with Gasteiger partial charge in [0.1, 0.15) is 0 Å². The highest BCUT2D eigenvalue weighted by Crippen LogP contribution is 2.31. The highest BCUT2D eigenvalue weighted by molar-refractivity contribution is 5.95. The molecule has 1 fully saturated rings. The fraction of sp³-hybridized carbons (Fsp3) is 0.400. The number of rotatable bonds is 3. The number of hydrogen-bond donors (Lipinski definition) is 4. The minimum absolute atomic E-state index is 0.108. The van der Waals surface area contributed by atoms with Crippen molar-refractivity contribution in [3.8, 4) is 0 Å². The van der Waals surface area contributed by atoms with Crippen LogP contribution in [0.1, 0.15) is 36.0 Å². The first kappa shape index (κ1) is 16.6. The summed E-state index contributed by atoms with van der Waals surface area (Å²) in [5.41, 5.74) is 17.7. The number of nitrogens with zero attached hydrogens (tertiary/aromatic N) is 3. The Morgan fingerprint density at radius 3 is 2.30 bits per heavy atom. The Kier molecular flexibility index (Phi) is 5.40. The van der Waals surface area contributed by atoms with Gasteiger partial charge in [-0.25, -0.2) is 9.79 Å². The van der Waals surface area contributed by atoms with Crippen molar-refractivity contribution in [1.29, 1.82) is 0 Å². The Hall–Kier alpha value is -2.77. The topological polar surface area (TPSA) is 143 Å². The molecule has 7 N–H and O–H groups in total. The molecule has 0 spiro atoms. The zero-order chi connectivity index (χ0) is 16.8. The van der Waals surface area contributed by atoms with Crippen molar-refractivity contribution in [3.63, 3.8) is 0 Å². The van der Waals surface area contributed by atoms with Crippen molar-refractivity contribution in [1.82, 2.24) is 0 Å². The minimum Gasteiger partial charge on any atom is -0.478 e. The second-order valence-corrected chi connectivity index (χ2v) is 5.42. The van der Waals surface area contributed by atoms with Crippen molar-refractivity contribution in [3.05, 3.63) is 23.8 Å². The van der Waals surface area contributed by atoms with Gasteiger partial charge < -0.3 is 27.2 Å². The van der Waals surface area contributed by atoms with Crippen molar-refractivity contribution in [2.45, 2.75) is 25.7 Å². The van der Waals surface area contributed by atoms with Crippen LogP contribution in [-0.4, -0.2) is 36.1 Å². The summed E-state index contributed by atoms with van der Waals surface area (Å²) < 4.78 is 0. The molecule has 8 heteroatoms. The molecule has 0 amide bonds. The van der Waals surface area contributed by atoms with Gasteiger partial charge in [-0.05, 0) is 31.0 Å². The molecule has 0 aliphatic carbocycles. The Labute approximate surface area is 134 Å². The normalized spacial score (nSPS) is 15.8. The molecule has 0 aromatic heterocycles. The summed E-state index contributed by atoms with van der Waals surface area (Å²) >= 11 is 0. The van der Waals surface area contributed by atoms with Crippen molar-refractivity contribution >= 4 is 29.3 Å².